The lowest BCUT2D eigenvalue weighted by Gasteiger charge is -2.42. The molecule has 2 saturated heterocycles. The highest BCUT2D eigenvalue weighted by Crippen LogP contribution is 2.34. The average molecular weight is 479 g/mol. The highest BCUT2D eigenvalue weighted by atomic mass is 19.4. The zero-order valence-electron chi connectivity index (χ0n) is 18.4. The fourth-order valence-electron chi connectivity index (χ4n) is 4.09. The second-order valence-electron chi connectivity index (χ2n) is 8.16. The fraction of sp³-hybridized carbons (Fsp3) is 0.476. The van der Waals surface area contributed by atoms with Crippen molar-refractivity contribution in [2.45, 2.75) is 18.6 Å². The van der Waals surface area contributed by atoms with Crippen molar-refractivity contribution in [1.82, 2.24) is 30.3 Å². The maximum absolute atomic E-state index is 13.0. The van der Waals surface area contributed by atoms with Crippen LogP contribution >= 0.6 is 0 Å². The van der Waals surface area contributed by atoms with Crippen LogP contribution in [0, 0.1) is 0 Å². The quantitative estimate of drug-likeness (QED) is 0.647. The number of H-pyrrole nitrogens is 1. The Kier molecular flexibility index (Phi) is 6.55. The Hall–Kier alpha value is -3.48. The van der Waals surface area contributed by atoms with Crippen LogP contribution in [0.15, 0.2) is 29.2 Å². The maximum atomic E-state index is 13.0. The summed E-state index contributed by atoms with van der Waals surface area (Å²) in [4.78, 5) is 45.6. The Morgan fingerprint density at radius 3 is 2.47 bits per heavy atom. The number of anilines is 1. The minimum Gasteiger partial charge on any atom is -0.367 e. The van der Waals surface area contributed by atoms with Gasteiger partial charge in [0.05, 0.1) is 30.2 Å². The molecule has 13 heteroatoms. The molecular formula is C21H24F3N7O3. The number of hydrogen-bond acceptors (Lipinski definition) is 7. The summed E-state index contributed by atoms with van der Waals surface area (Å²) in [5.41, 5.74) is -1.29. The third-order valence-electron chi connectivity index (χ3n) is 6.14. The van der Waals surface area contributed by atoms with Gasteiger partial charge in [-0.15, -0.1) is 0 Å². The van der Waals surface area contributed by atoms with E-state index in [1.54, 1.807) is 22.1 Å². The molecule has 0 spiro atoms. The number of pyridine rings is 1. The van der Waals surface area contributed by atoms with Gasteiger partial charge >= 0.3 is 6.18 Å². The number of likely N-dealkylation sites (tertiary alicyclic amines) is 1. The van der Waals surface area contributed by atoms with Crippen LogP contribution in [-0.2, 0) is 11.0 Å². The van der Waals surface area contributed by atoms with Crippen LogP contribution in [0.2, 0.25) is 0 Å². The van der Waals surface area contributed by atoms with E-state index < -0.39 is 23.3 Å². The Morgan fingerprint density at radius 1 is 1.18 bits per heavy atom. The van der Waals surface area contributed by atoms with E-state index in [4.69, 9.17) is 0 Å². The molecule has 2 aliphatic rings. The van der Waals surface area contributed by atoms with Gasteiger partial charge in [0.1, 0.15) is 11.3 Å². The average Bonchev–Trinajstić information content (AvgIpc) is 2.82. The second kappa shape index (κ2) is 9.41. The molecule has 0 saturated carbocycles. The van der Waals surface area contributed by atoms with Crippen LogP contribution in [0.4, 0.5) is 18.9 Å². The largest absolute Gasteiger partial charge is 0.421 e. The first-order valence-electron chi connectivity index (χ1n) is 10.8. The molecule has 34 heavy (non-hydrogen) atoms. The third-order valence-corrected chi connectivity index (χ3v) is 6.14. The molecule has 0 aliphatic carbocycles. The van der Waals surface area contributed by atoms with Gasteiger partial charge in [-0.05, 0) is 24.6 Å². The summed E-state index contributed by atoms with van der Waals surface area (Å²) in [6.07, 6.45) is -2.59. The number of rotatable bonds is 5. The first kappa shape index (κ1) is 23.7. The molecule has 0 radical (unpaired) electrons. The van der Waals surface area contributed by atoms with Crippen LogP contribution in [0.5, 0.6) is 0 Å². The molecule has 2 fully saturated rings. The molecule has 2 amide bonds. The number of aromatic nitrogens is 3. The zero-order valence-corrected chi connectivity index (χ0v) is 18.4. The number of amides is 2. The highest BCUT2D eigenvalue weighted by Gasteiger charge is 2.38. The lowest BCUT2D eigenvalue weighted by molar-refractivity contribution is -0.139. The van der Waals surface area contributed by atoms with Crippen molar-refractivity contribution in [2.75, 3.05) is 51.2 Å². The van der Waals surface area contributed by atoms with E-state index in [1.165, 1.54) is 7.05 Å². The topological polar surface area (TPSA) is 115 Å². The molecular weight excluding hydrogens is 455 g/mol. The van der Waals surface area contributed by atoms with Crippen LogP contribution in [0.1, 0.15) is 34.2 Å². The Balaban J connectivity index is 1.32. The number of aromatic amines is 1. The van der Waals surface area contributed by atoms with E-state index in [9.17, 15) is 27.6 Å². The Labute approximate surface area is 192 Å². The van der Waals surface area contributed by atoms with Crippen LogP contribution in [0.3, 0.4) is 0 Å². The monoisotopic (exact) mass is 479 g/mol. The van der Waals surface area contributed by atoms with Crippen molar-refractivity contribution in [3.05, 3.63) is 51.7 Å². The minimum absolute atomic E-state index is 0.0647. The molecule has 2 aliphatic heterocycles. The van der Waals surface area contributed by atoms with Crippen LogP contribution in [0.25, 0.3) is 0 Å². The molecule has 2 aromatic rings. The molecule has 0 bridgehead atoms. The van der Waals surface area contributed by atoms with Crippen molar-refractivity contribution in [1.29, 1.82) is 0 Å². The SMILES string of the molecule is CNC(=O)c1ccc(N2CCN(C(=O)CN3CCC3c3cc(C(F)(F)F)c(=O)[nH]n3)CC2)cn1. The first-order chi connectivity index (χ1) is 16.2. The molecule has 0 aromatic carbocycles. The normalized spacial score (nSPS) is 19.0. The second-order valence-corrected chi connectivity index (χ2v) is 8.16. The van der Waals surface area contributed by atoms with Gasteiger partial charge in [0.2, 0.25) is 5.91 Å². The summed E-state index contributed by atoms with van der Waals surface area (Å²) in [6.45, 7) is 2.78. The van der Waals surface area contributed by atoms with Gasteiger partial charge in [0.15, 0.2) is 0 Å². The van der Waals surface area contributed by atoms with Gasteiger partial charge in [-0.1, -0.05) is 0 Å². The number of halogens is 3. The van der Waals surface area contributed by atoms with Crippen LogP contribution in [-0.4, -0.2) is 83.1 Å². The van der Waals surface area contributed by atoms with Gasteiger partial charge in [-0.2, -0.15) is 18.3 Å². The summed E-state index contributed by atoms with van der Waals surface area (Å²) in [5, 5.41) is 8.20. The molecule has 182 valence electrons. The Morgan fingerprint density at radius 2 is 1.91 bits per heavy atom. The molecule has 4 heterocycles. The predicted molar refractivity (Wildman–Crippen MR) is 115 cm³/mol. The smallest absolute Gasteiger partial charge is 0.367 e. The standard InChI is InChI=1S/C21H24F3N7O3/c1-25-20(34)15-3-2-13(11-26-15)29-6-8-30(9-7-29)18(32)12-31-5-4-17(31)16-10-14(21(22,23)24)19(33)28-27-16/h2-3,10-11,17H,4-9,12H2,1H3,(H,25,34)(H,28,33). The van der Waals surface area contributed by atoms with E-state index >= 15 is 0 Å². The lowest BCUT2D eigenvalue weighted by atomic mass is 9.98. The maximum Gasteiger partial charge on any atom is 0.421 e. The van der Waals surface area contributed by atoms with Crippen molar-refractivity contribution >= 4 is 17.5 Å². The highest BCUT2D eigenvalue weighted by molar-refractivity contribution is 5.92. The summed E-state index contributed by atoms with van der Waals surface area (Å²) in [6, 6.07) is 3.77. The molecule has 2 aromatic heterocycles. The fourth-order valence-corrected chi connectivity index (χ4v) is 4.09. The number of piperazine rings is 1. The molecule has 1 unspecified atom stereocenters. The molecule has 1 atom stereocenters. The van der Waals surface area contributed by atoms with E-state index in [0.29, 0.717) is 44.8 Å². The third kappa shape index (κ3) is 4.88. The van der Waals surface area contributed by atoms with Gasteiger partial charge in [0.25, 0.3) is 11.5 Å². The number of nitrogens with zero attached hydrogens (tertiary/aromatic N) is 5. The lowest BCUT2D eigenvalue weighted by Crippen LogP contribution is -2.53. The van der Waals surface area contributed by atoms with Crippen molar-refractivity contribution in [2.24, 2.45) is 0 Å². The molecule has 2 N–H and O–H groups in total. The van der Waals surface area contributed by atoms with Gasteiger partial charge < -0.3 is 15.1 Å². The predicted octanol–water partition coefficient (Wildman–Crippen LogP) is 0.639. The van der Waals surface area contributed by atoms with Crippen molar-refractivity contribution in [3.63, 3.8) is 0 Å². The zero-order chi connectivity index (χ0) is 24.5. The summed E-state index contributed by atoms with van der Waals surface area (Å²) in [5.74, 6) is -0.379. The Bertz CT molecular complexity index is 1110. The first-order valence-corrected chi connectivity index (χ1v) is 10.8. The number of nitrogens with one attached hydrogen (secondary N) is 2. The van der Waals surface area contributed by atoms with E-state index in [-0.39, 0.29) is 24.1 Å². The van der Waals surface area contributed by atoms with E-state index in [0.717, 1.165) is 11.8 Å². The van der Waals surface area contributed by atoms with Crippen LogP contribution < -0.4 is 15.8 Å². The summed E-state index contributed by atoms with van der Waals surface area (Å²) >= 11 is 0. The number of hydrogen-bond donors (Lipinski definition) is 2. The van der Waals surface area contributed by atoms with Gasteiger partial charge in [-0.3, -0.25) is 19.3 Å². The molecule has 10 nitrogen and oxygen atoms in total. The molecule has 4 rings (SSSR count). The number of carbonyl (C=O) groups is 2. The minimum atomic E-state index is -4.77. The van der Waals surface area contributed by atoms with Crippen molar-refractivity contribution < 1.29 is 22.8 Å². The summed E-state index contributed by atoms with van der Waals surface area (Å²) in [7, 11) is 1.54. The van der Waals surface area contributed by atoms with Gasteiger partial charge in [0, 0.05) is 39.8 Å². The van der Waals surface area contributed by atoms with Crippen molar-refractivity contribution in [3.8, 4) is 0 Å². The number of alkyl halides is 3. The van der Waals surface area contributed by atoms with Gasteiger partial charge in [-0.25, -0.2) is 10.1 Å². The summed E-state index contributed by atoms with van der Waals surface area (Å²) < 4.78 is 39.1. The van der Waals surface area contributed by atoms with E-state index in [2.05, 4.69) is 20.3 Å². The van der Waals surface area contributed by atoms with E-state index in [1.807, 2.05) is 11.2 Å². The number of carbonyl (C=O) groups excluding carboxylic acids is 2.